The number of nitrogens with zero attached hydrogens (tertiary/aromatic N) is 1. The molecule has 1 aliphatic rings. The first kappa shape index (κ1) is 28.6. The lowest BCUT2D eigenvalue weighted by atomic mass is 10.0. The fraction of sp³-hybridized carbons (Fsp3) is 0.107. The van der Waals surface area contributed by atoms with Crippen molar-refractivity contribution in [3.05, 3.63) is 111 Å². The van der Waals surface area contributed by atoms with E-state index in [-0.39, 0.29) is 45.1 Å². The molecule has 14 heteroatoms. The second-order valence-electron chi connectivity index (χ2n) is 9.30. The van der Waals surface area contributed by atoms with Gasteiger partial charge in [0.05, 0.1) is 34.4 Å². The van der Waals surface area contributed by atoms with Crippen LogP contribution in [0.2, 0.25) is 5.02 Å². The lowest BCUT2D eigenvalue weighted by molar-refractivity contribution is -0.137. The molecule has 1 atom stereocenters. The van der Waals surface area contributed by atoms with Gasteiger partial charge in [-0.3, -0.25) is 14.4 Å². The Kier molecular flexibility index (Phi) is 7.37. The smallest absolute Gasteiger partial charge is 0.397 e. The van der Waals surface area contributed by atoms with E-state index in [1.807, 2.05) is 0 Å². The first-order valence-corrected chi connectivity index (χ1v) is 12.5. The summed E-state index contributed by atoms with van der Waals surface area (Å²) in [5.41, 5.74) is 4.21. The van der Waals surface area contributed by atoms with Crippen LogP contribution in [-0.2, 0) is 17.5 Å². The number of nitrogens with two attached hydrogens (primary N) is 1. The van der Waals surface area contributed by atoms with E-state index in [9.17, 15) is 36.3 Å². The van der Waals surface area contributed by atoms with Gasteiger partial charge in [0, 0.05) is 16.1 Å². The number of benzene rings is 3. The van der Waals surface area contributed by atoms with Crippen LogP contribution >= 0.6 is 11.6 Å². The molecule has 3 amide bonds. The summed E-state index contributed by atoms with van der Waals surface area (Å²) in [7, 11) is 0. The molecule has 0 radical (unpaired) electrons. The monoisotopic (exact) mass is 603 g/mol. The maximum atomic E-state index is 14.2. The quantitative estimate of drug-likeness (QED) is 0.172. The molecule has 0 spiro atoms. The van der Waals surface area contributed by atoms with E-state index in [0.717, 1.165) is 12.1 Å². The summed E-state index contributed by atoms with van der Waals surface area (Å²) in [6.07, 6.45) is -4.93. The van der Waals surface area contributed by atoms with E-state index in [4.69, 9.17) is 17.3 Å². The minimum absolute atomic E-state index is 0.0386. The number of hydrogen-bond acceptors (Lipinski definition) is 4. The van der Waals surface area contributed by atoms with Gasteiger partial charge in [0.2, 0.25) is 5.91 Å². The van der Waals surface area contributed by atoms with Crippen molar-refractivity contribution in [3.8, 4) is 0 Å². The highest BCUT2D eigenvalue weighted by molar-refractivity contribution is 6.31. The van der Waals surface area contributed by atoms with Crippen LogP contribution in [0.25, 0.3) is 0 Å². The van der Waals surface area contributed by atoms with Gasteiger partial charge in [0.15, 0.2) is 0 Å². The molecule has 4 aromatic rings. The topological polar surface area (TPSA) is 118 Å². The SMILES string of the molecule is Nc1ccccc1NC(=O)c1cc(NC(=O)c2cc(F)cc(C(F)(F)F)c2)c2n1CC(=O)NC2c1cc(F)ccc1Cl. The molecule has 8 nitrogen and oxygen atoms in total. The summed E-state index contributed by atoms with van der Waals surface area (Å²) in [5.74, 6) is -4.48. The summed E-state index contributed by atoms with van der Waals surface area (Å²) >= 11 is 6.31. The van der Waals surface area contributed by atoms with Crippen molar-refractivity contribution < 1.29 is 36.3 Å². The number of anilines is 3. The molecule has 1 aromatic heterocycles. The molecule has 3 aromatic carbocycles. The van der Waals surface area contributed by atoms with Gasteiger partial charge in [-0.25, -0.2) is 8.78 Å². The predicted octanol–water partition coefficient (Wildman–Crippen LogP) is 5.74. The molecule has 5 N–H and O–H groups in total. The van der Waals surface area contributed by atoms with Gasteiger partial charge >= 0.3 is 6.18 Å². The zero-order valence-electron chi connectivity index (χ0n) is 21.2. The second-order valence-corrected chi connectivity index (χ2v) is 9.71. The number of fused-ring (bicyclic) bond motifs is 1. The second kappa shape index (κ2) is 10.8. The van der Waals surface area contributed by atoms with Gasteiger partial charge in [-0.15, -0.1) is 0 Å². The molecule has 42 heavy (non-hydrogen) atoms. The Morgan fingerprint density at radius 2 is 1.64 bits per heavy atom. The summed E-state index contributed by atoms with van der Waals surface area (Å²) in [6, 6.07) is 11.0. The molecule has 0 saturated heterocycles. The van der Waals surface area contributed by atoms with Crippen molar-refractivity contribution in [2.24, 2.45) is 0 Å². The summed E-state index contributed by atoms with van der Waals surface area (Å²) in [4.78, 5) is 39.3. The number of amides is 3. The van der Waals surface area contributed by atoms with Crippen LogP contribution in [-0.4, -0.2) is 22.3 Å². The highest BCUT2D eigenvalue weighted by Crippen LogP contribution is 2.38. The Labute approximate surface area is 239 Å². The maximum absolute atomic E-state index is 14.2. The summed E-state index contributed by atoms with van der Waals surface area (Å²) in [6.45, 7) is -0.417. The number of nitrogen functional groups attached to an aromatic ring is 1. The Balaban J connectivity index is 1.63. The lowest BCUT2D eigenvalue weighted by Crippen LogP contribution is -2.40. The van der Waals surface area contributed by atoms with Crippen molar-refractivity contribution in [1.82, 2.24) is 9.88 Å². The Bertz CT molecular complexity index is 1750. The van der Waals surface area contributed by atoms with Gasteiger partial charge in [-0.2, -0.15) is 13.2 Å². The highest BCUT2D eigenvalue weighted by Gasteiger charge is 2.36. The number of alkyl halides is 3. The molecule has 2 heterocycles. The van der Waals surface area contributed by atoms with Gasteiger partial charge < -0.3 is 26.3 Å². The zero-order valence-corrected chi connectivity index (χ0v) is 21.9. The molecule has 1 unspecified atom stereocenters. The van der Waals surface area contributed by atoms with E-state index >= 15 is 0 Å². The minimum atomic E-state index is -4.93. The fourth-order valence-corrected chi connectivity index (χ4v) is 4.82. The number of carbonyl (C=O) groups is 3. The normalized spacial score (nSPS) is 14.6. The van der Waals surface area contributed by atoms with Crippen LogP contribution in [0.15, 0.2) is 66.7 Å². The average molecular weight is 604 g/mol. The number of halogens is 6. The number of aromatic nitrogens is 1. The van der Waals surface area contributed by atoms with E-state index in [1.165, 1.54) is 22.8 Å². The molecule has 0 saturated carbocycles. The third-order valence-electron chi connectivity index (χ3n) is 6.47. The number of carbonyl (C=O) groups excluding carboxylic acids is 3. The molecule has 0 fully saturated rings. The van der Waals surface area contributed by atoms with E-state index in [1.54, 1.807) is 18.2 Å². The molecular formula is C28H19ClF5N5O3. The Hall–Kier alpha value is -4.91. The molecular weight excluding hydrogens is 585 g/mol. The number of para-hydroxylation sites is 2. The minimum Gasteiger partial charge on any atom is -0.397 e. The van der Waals surface area contributed by atoms with Crippen molar-refractivity contribution in [2.75, 3.05) is 16.4 Å². The van der Waals surface area contributed by atoms with E-state index in [0.29, 0.717) is 12.1 Å². The van der Waals surface area contributed by atoms with Crippen molar-refractivity contribution in [2.45, 2.75) is 18.8 Å². The summed E-state index contributed by atoms with van der Waals surface area (Å²) < 4.78 is 69.3. The Morgan fingerprint density at radius 1 is 0.929 bits per heavy atom. The van der Waals surface area contributed by atoms with Gasteiger partial charge in [-0.1, -0.05) is 23.7 Å². The van der Waals surface area contributed by atoms with Crippen molar-refractivity contribution in [1.29, 1.82) is 0 Å². The molecule has 0 bridgehead atoms. The van der Waals surface area contributed by atoms with E-state index < -0.39 is 59.2 Å². The van der Waals surface area contributed by atoms with Crippen LogP contribution in [0.5, 0.6) is 0 Å². The fourth-order valence-electron chi connectivity index (χ4n) is 4.59. The summed E-state index contributed by atoms with van der Waals surface area (Å²) in [5, 5.41) is 7.69. The molecule has 216 valence electrons. The third kappa shape index (κ3) is 5.63. The van der Waals surface area contributed by atoms with Crippen molar-refractivity contribution in [3.63, 3.8) is 0 Å². The average Bonchev–Trinajstić information content (AvgIpc) is 3.28. The van der Waals surface area contributed by atoms with Crippen LogP contribution in [0.4, 0.5) is 39.0 Å². The largest absolute Gasteiger partial charge is 0.416 e. The number of rotatable bonds is 5. The van der Waals surface area contributed by atoms with Gasteiger partial charge in [0.25, 0.3) is 11.8 Å². The lowest BCUT2D eigenvalue weighted by Gasteiger charge is -2.29. The first-order chi connectivity index (χ1) is 19.8. The number of nitrogens with one attached hydrogen (secondary N) is 3. The first-order valence-electron chi connectivity index (χ1n) is 12.1. The maximum Gasteiger partial charge on any atom is 0.416 e. The van der Waals surface area contributed by atoms with E-state index in [2.05, 4.69) is 16.0 Å². The molecule has 1 aliphatic heterocycles. The van der Waals surface area contributed by atoms with Gasteiger partial charge in [0.1, 0.15) is 23.9 Å². The van der Waals surface area contributed by atoms with Gasteiger partial charge in [-0.05, 0) is 54.6 Å². The molecule has 5 rings (SSSR count). The standard InChI is InChI=1S/C28H19ClF5N5O3/c29-18-6-5-15(30)10-17(18)24-25-21(37-26(41)13-7-14(28(32,33)34)9-16(31)8-13)11-22(39(25)12-23(40)38-24)27(42)36-20-4-2-1-3-19(20)35/h1-11,24H,12,35H2,(H,36,42)(H,37,41)(H,38,40). The number of hydrogen-bond donors (Lipinski definition) is 4. The Morgan fingerprint density at radius 3 is 2.36 bits per heavy atom. The highest BCUT2D eigenvalue weighted by atomic mass is 35.5. The van der Waals surface area contributed by atoms with Crippen molar-refractivity contribution >= 4 is 46.4 Å². The van der Waals surface area contributed by atoms with Crippen LogP contribution in [0.3, 0.4) is 0 Å². The predicted molar refractivity (Wildman–Crippen MR) is 144 cm³/mol. The zero-order chi connectivity index (χ0) is 30.3. The van der Waals surface area contributed by atoms with Crippen LogP contribution in [0.1, 0.15) is 43.7 Å². The van der Waals surface area contributed by atoms with Crippen LogP contribution in [0, 0.1) is 11.6 Å². The third-order valence-corrected chi connectivity index (χ3v) is 6.81. The molecule has 0 aliphatic carbocycles. The van der Waals surface area contributed by atoms with Crippen LogP contribution < -0.4 is 21.7 Å².